The Balaban J connectivity index is 2.37. The van der Waals surface area contributed by atoms with E-state index in [0.29, 0.717) is 17.4 Å². The molecule has 20 heavy (non-hydrogen) atoms. The third kappa shape index (κ3) is 5.83. The Kier molecular flexibility index (Phi) is 7.45. The normalized spacial score (nSPS) is 12.0. The minimum absolute atomic E-state index is 0.323. The van der Waals surface area contributed by atoms with Gasteiger partial charge in [-0.3, -0.25) is 0 Å². The second kappa shape index (κ2) is 8.85. The first-order chi connectivity index (χ1) is 9.54. The number of ether oxygens (including phenoxy) is 2. The molecule has 1 aromatic carbocycles. The van der Waals surface area contributed by atoms with Crippen molar-refractivity contribution in [2.75, 3.05) is 6.61 Å². The summed E-state index contributed by atoms with van der Waals surface area (Å²) in [6.07, 6.45) is 3.74. The number of halogens is 1. The smallest absolute Gasteiger partial charge is 0.347 e. The zero-order valence-corrected chi connectivity index (χ0v) is 13.2. The molecule has 0 radical (unpaired) electrons. The van der Waals surface area contributed by atoms with Gasteiger partial charge in [-0.15, -0.1) is 0 Å². The molecule has 1 rings (SSSR count). The first-order valence-electron chi connectivity index (χ1n) is 7.14. The van der Waals surface area contributed by atoms with Crippen LogP contribution < -0.4 is 4.74 Å². The van der Waals surface area contributed by atoms with Gasteiger partial charge in [-0.05, 0) is 44.0 Å². The summed E-state index contributed by atoms with van der Waals surface area (Å²) in [5.74, 6) is 0.334. The van der Waals surface area contributed by atoms with Crippen LogP contribution in [0.5, 0.6) is 5.75 Å². The van der Waals surface area contributed by atoms with Crippen molar-refractivity contribution in [3.05, 3.63) is 28.8 Å². The van der Waals surface area contributed by atoms with Crippen LogP contribution in [0.4, 0.5) is 0 Å². The molecule has 0 spiro atoms. The molecule has 0 aromatic heterocycles. The molecule has 0 heterocycles. The molecular weight excluding hydrogens is 276 g/mol. The second-order valence-corrected chi connectivity index (χ2v) is 5.33. The van der Waals surface area contributed by atoms with Crippen molar-refractivity contribution in [1.82, 2.24) is 0 Å². The monoisotopic (exact) mass is 298 g/mol. The van der Waals surface area contributed by atoms with Crippen LogP contribution in [-0.2, 0) is 9.53 Å². The van der Waals surface area contributed by atoms with Gasteiger partial charge in [-0.25, -0.2) is 4.79 Å². The van der Waals surface area contributed by atoms with Gasteiger partial charge in [-0.2, -0.15) is 0 Å². The molecule has 0 bridgehead atoms. The SMILES string of the molecule is CCCCCCOC(=O)[C@H](C)Oc1ccc(Cl)cc1C. The number of hydrogen-bond acceptors (Lipinski definition) is 3. The molecule has 0 saturated heterocycles. The largest absolute Gasteiger partial charge is 0.479 e. The van der Waals surface area contributed by atoms with Crippen LogP contribution in [-0.4, -0.2) is 18.7 Å². The molecule has 0 N–H and O–H groups in total. The Morgan fingerprint density at radius 2 is 2.05 bits per heavy atom. The first-order valence-corrected chi connectivity index (χ1v) is 7.51. The van der Waals surface area contributed by atoms with E-state index in [-0.39, 0.29) is 5.97 Å². The van der Waals surface area contributed by atoms with E-state index in [2.05, 4.69) is 6.92 Å². The van der Waals surface area contributed by atoms with Gasteiger partial charge in [-0.1, -0.05) is 37.8 Å². The number of carbonyl (C=O) groups is 1. The van der Waals surface area contributed by atoms with Gasteiger partial charge in [0.1, 0.15) is 5.75 Å². The molecule has 0 aliphatic rings. The van der Waals surface area contributed by atoms with E-state index in [4.69, 9.17) is 21.1 Å². The molecule has 112 valence electrons. The quantitative estimate of drug-likeness (QED) is 0.522. The number of carbonyl (C=O) groups excluding carboxylic acids is 1. The number of unbranched alkanes of at least 4 members (excludes halogenated alkanes) is 3. The summed E-state index contributed by atoms with van der Waals surface area (Å²) in [6.45, 7) is 6.20. The number of rotatable bonds is 8. The number of esters is 1. The van der Waals surface area contributed by atoms with Crippen molar-refractivity contribution >= 4 is 17.6 Å². The molecule has 0 unspecified atom stereocenters. The Morgan fingerprint density at radius 1 is 1.30 bits per heavy atom. The molecule has 0 fully saturated rings. The molecule has 1 atom stereocenters. The number of hydrogen-bond donors (Lipinski definition) is 0. The van der Waals surface area contributed by atoms with Crippen molar-refractivity contribution in [3.63, 3.8) is 0 Å². The molecule has 3 nitrogen and oxygen atoms in total. The molecule has 0 amide bonds. The minimum atomic E-state index is -0.610. The van der Waals surface area contributed by atoms with Crippen LogP contribution in [0.25, 0.3) is 0 Å². The fraction of sp³-hybridized carbons (Fsp3) is 0.562. The number of benzene rings is 1. The highest BCUT2D eigenvalue weighted by Gasteiger charge is 2.17. The predicted octanol–water partition coefficient (Wildman–Crippen LogP) is 4.54. The van der Waals surface area contributed by atoms with Gasteiger partial charge in [0.15, 0.2) is 6.10 Å². The summed E-state index contributed by atoms with van der Waals surface area (Å²) < 4.78 is 10.8. The summed E-state index contributed by atoms with van der Waals surface area (Å²) in [5, 5.41) is 0.654. The average molecular weight is 299 g/mol. The zero-order chi connectivity index (χ0) is 15.0. The van der Waals surface area contributed by atoms with Crippen LogP contribution in [0.1, 0.15) is 45.1 Å². The molecular formula is C16H23ClO3. The maximum absolute atomic E-state index is 11.8. The van der Waals surface area contributed by atoms with E-state index < -0.39 is 6.10 Å². The fourth-order valence-corrected chi connectivity index (χ4v) is 2.03. The summed E-state index contributed by atoms with van der Waals surface area (Å²) in [7, 11) is 0. The van der Waals surface area contributed by atoms with E-state index in [0.717, 1.165) is 18.4 Å². The van der Waals surface area contributed by atoms with E-state index in [1.165, 1.54) is 12.8 Å². The van der Waals surface area contributed by atoms with Crippen LogP contribution in [0.2, 0.25) is 5.02 Å². The lowest BCUT2D eigenvalue weighted by atomic mass is 10.2. The lowest BCUT2D eigenvalue weighted by Gasteiger charge is -2.15. The first kappa shape index (κ1) is 16.8. The lowest BCUT2D eigenvalue weighted by Crippen LogP contribution is -2.26. The summed E-state index contributed by atoms with van der Waals surface area (Å²) in [4.78, 5) is 11.8. The van der Waals surface area contributed by atoms with Crippen molar-refractivity contribution in [1.29, 1.82) is 0 Å². The predicted molar refractivity (Wildman–Crippen MR) is 81.4 cm³/mol. The summed E-state index contributed by atoms with van der Waals surface area (Å²) in [6, 6.07) is 5.31. The number of aryl methyl sites for hydroxylation is 1. The van der Waals surface area contributed by atoms with Crippen molar-refractivity contribution in [2.24, 2.45) is 0 Å². The van der Waals surface area contributed by atoms with Crippen molar-refractivity contribution in [2.45, 2.75) is 52.6 Å². The van der Waals surface area contributed by atoms with E-state index in [1.807, 2.05) is 6.92 Å². The van der Waals surface area contributed by atoms with Crippen molar-refractivity contribution < 1.29 is 14.3 Å². The van der Waals surface area contributed by atoms with Gasteiger partial charge in [0.2, 0.25) is 0 Å². The van der Waals surface area contributed by atoms with Gasteiger partial charge in [0, 0.05) is 5.02 Å². The van der Waals surface area contributed by atoms with Crippen LogP contribution in [0.15, 0.2) is 18.2 Å². The molecule has 0 aliphatic heterocycles. The minimum Gasteiger partial charge on any atom is -0.479 e. The van der Waals surface area contributed by atoms with Gasteiger partial charge >= 0.3 is 5.97 Å². The highest BCUT2D eigenvalue weighted by Crippen LogP contribution is 2.23. The Morgan fingerprint density at radius 3 is 2.70 bits per heavy atom. The second-order valence-electron chi connectivity index (χ2n) is 4.90. The Bertz CT molecular complexity index is 432. The van der Waals surface area contributed by atoms with E-state index in [1.54, 1.807) is 25.1 Å². The van der Waals surface area contributed by atoms with Gasteiger partial charge in [0.05, 0.1) is 6.61 Å². The van der Waals surface area contributed by atoms with Crippen LogP contribution in [0.3, 0.4) is 0 Å². The van der Waals surface area contributed by atoms with Gasteiger partial charge < -0.3 is 9.47 Å². The van der Waals surface area contributed by atoms with Crippen LogP contribution in [0, 0.1) is 6.92 Å². The Labute approximate surface area is 126 Å². The zero-order valence-electron chi connectivity index (χ0n) is 12.4. The highest BCUT2D eigenvalue weighted by atomic mass is 35.5. The molecule has 0 aliphatic carbocycles. The molecule has 1 aromatic rings. The van der Waals surface area contributed by atoms with Crippen molar-refractivity contribution in [3.8, 4) is 5.75 Å². The summed E-state index contributed by atoms with van der Waals surface area (Å²) in [5.41, 5.74) is 0.903. The molecule has 4 heteroatoms. The maximum Gasteiger partial charge on any atom is 0.347 e. The topological polar surface area (TPSA) is 35.5 Å². The lowest BCUT2D eigenvalue weighted by molar-refractivity contribution is -0.151. The van der Waals surface area contributed by atoms with Gasteiger partial charge in [0.25, 0.3) is 0 Å². The highest BCUT2D eigenvalue weighted by molar-refractivity contribution is 6.30. The third-order valence-corrected chi connectivity index (χ3v) is 3.25. The van der Waals surface area contributed by atoms with E-state index in [9.17, 15) is 4.79 Å². The standard InChI is InChI=1S/C16H23ClO3/c1-4-5-6-7-10-19-16(18)13(3)20-15-9-8-14(17)11-12(15)2/h8-9,11,13H,4-7,10H2,1-3H3/t13-/m0/s1. The maximum atomic E-state index is 11.8. The van der Waals surface area contributed by atoms with E-state index >= 15 is 0 Å². The third-order valence-electron chi connectivity index (χ3n) is 3.01. The average Bonchev–Trinajstić information content (AvgIpc) is 2.41. The molecule has 0 saturated carbocycles. The van der Waals surface area contributed by atoms with Crippen LogP contribution >= 0.6 is 11.6 Å². The summed E-state index contributed by atoms with van der Waals surface area (Å²) >= 11 is 5.88. The Hall–Kier alpha value is -1.22. The fourth-order valence-electron chi connectivity index (χ4n) is 1.80.